The smallest absolute Gasteiger partial charge is 0.422 e. The molecule has 1 rings (SSSR count). The zero-order chi connectivity index (χ0) is 12.1. The van der Waals surface area contributed by atoms with Crippen LogP contribution in [0.4, 0.5) is 4.39 Å². The summed E-state index contributed by atoms with van der Waals surface area (Å²) in [6, 6.07) is 5.20. The molecule has 0 aliphatic heterocycles. The zero-order valence-electron chi connectivity index (χ0n) is 8.98. The molecule has 0 amide bonds. The minimum atomic E-state index is -0.789. The van der Waals surface area contributed by atoms with Crippen LogP contribution >= 0.6 is 0 Å². The van der Waals surface area contributed by atoms with Gasteiger partial charge in [-0.05, 0) is 32.0 Å². The summed E-state index contributed by atoms with van der Waals surface area (Å²) < 4.78 is 17.7. The van der Waals surface area contributed by atoms with Crippen molar-refractivity contribution in [2.75, 3.05) is 0 Å². The molecule has 0 atom stereocenters. The molecule has 0 aliphatic rings. The predicted molar refractivity (Wildman–Crippen MR) is 55.4 cm³/mol. The summed E-state index contributed by atoms with van der Waals surface area (Å²) in [5.74, 6) is -1.31. The highest BCUT2D eigenvalue weighted by Crippen LogP contribution is 2.05. The van der Waals surface area contributed by atoms with Gasteiger partial charge in [0, 0.05) is 0 Å². The van der Waals surface area contributed by atoms with Crippen LogP contribution in [0.2, 0.25) is 0 Å². The van der Waals surface area contributed by atoms with Gasteiger partial charge in [-0.25, -0.2) is 9.18 Å². The Bertz CT molecular complexity index is 451. The monoisotopic (exact) mass is 222 g/mol. The molecular formula is C11H11FN2O2. The van der Waals surface area contributed by atoms with Gasteiger partial charge < -0.3 is 10.3 Å². The van der Waals surface area contributed by atoms with Crippen molar-refractivity contribution >= 4 is 11.7 Å². The summed E-state index contributed by atoms with van der Waals surface area (Å²) in [5, 5.41) is 0. The predicted octanol–water partition coefficient (Wildman–Crippen LogP) is 1.80. The van der Waals surface area contributed by atoms with Crippen LogP contribution in [-0.4, -0.2) is 22.6 Å². The number of benzene rings is 1. The van der Waals surface area contributed by atoms with Gasteiger partial charge in [-0.2, -0.15) is 4.79 Å². The number of hydrogen-bond acceptors (Lipinski definition) is 2. The van der Waals surface area contributed by atoms with Crippen LogP contribution in [0.25, 0.3) is 5.53 Å². The fraction of sp³-hybridized carbons (Fsp3) is 0.273. The number of ether oxygens (including phenoxy) is 1. The molecule has 5 heteroatoms. The Balaban J connectivity index is 3.01. The van der Waals surface area contributed by atoms with Crippen LogP contribution in [0.1, 0.15) is 19.4 Å². The molecule has 16 heavy (non-hydrogen) atoms. The highest BCUT2D eigenvalue weighted by molar-refractivity contribution is 6.40. The Morgan fingerprint density at radius 3 is 2.69 bits per heavy atom. The lowest BCUT2D eigenvalue weighted by Gasteiger charge is -2.04. The van der Waals surface area contributed by atoms with Crippen LogP contribution in [0.5, 0.6) is 0 Å². The molecule has 0 saturated carbocycles. The highest BCUT2D eigenvalue weighted by atomic mass is 19.1. The molecule has 0 aliphatic carbocycles. The summed E-state index contributed by atoms with van der Waals surface area (Å²) in [6.45, 7) is 3.33. The Hall–Kier alpha value is -2.00. The Morgan fingerprint density at radius 2 is 2.19 bits per heavy atom. The number of rotatable bonds is 3. The zero-order valence-corrected chi connectivity index (χ0v) is 8.98. The number of halogens is 1. The van der Waals surface area contributed by atoms with Gasteiger partial charge in [-0.15, -0.1) is 0 Å². The van der Waals surface area contributed by atoms with Crippen LogP contribution in [0.15, 0.2) is 24.3 Å². The third-order valence-electron chi connectivity index (χ3n) is 1.73. The van der Waals surface area contributed by atoms with Crippen molar-refractivity contribution in [1.82, 2.24) is 0 Å². The molecule has 0 radical (unpaired) electrons. The maximum atomic E-state index is 12.9. The van der Waals surface area contributed by atoms with E-state index in [4.69, 9.17) is 10.3 Å². The van der Waals surface area contributed by atoms with E-state index in [0.29, 0.717) is 0 Å². The second-order valence-corrected chi connectivity index (χ2v) is 3.41. The van der Waals surface area contributed by atoms with Gasteiger partial charge in [0.25, 0.3) is 0 Å². The lowest BCUT2D eigenvalue weighted by molar-refractivity contribution is -0.143. The van der Waals surface area contributed by atoms with E-state index < -0.39 is 11.8 Å². The Kier molecular flexibility index (Phi) is 3.91. The first kappa shape index (κ1) is 12.1. The molecule has 0 N–H and O–H groups in total. The van der Waals surface area contributed by atoms with E-state index in [1.165, 1.54) is 18.2 Å². The topological polar surface area (TPSA) is 62.7 Å². The van der Waals surface area contributed by atoms with Gasteiger partial charge in [-0.3, -0.25) is 0 Å². The molecule has 1 aromatic rings. The molecular weight excluding hydrogens is 211 g/mol. The third kappa shape index (κ3) is 3.00. The average molecular weight is 222 g/mol. The van der Waals surface area contributed by atoms with Gasteiger partial charge >= 0.3 is 11.7 Å². The summed E-state index contributed by atoms with van der Waals surface area (Å²) >= 11 is 0. The second kappa shape index (κ2) is 5.19. The largest absolute Gasteiger partial charge is 0.454 e. The van der Waals surface area contributed by atoms with Crippen LogP contribution in [-0.2, 0) is 9.53 Å². The van der Waals surface area contributed by atoms with E-state index in [1.54, 1.807) is 13.8 Å². The first-order valence-electron chi connectivity index (χ1n) is 4.73. The van der Waals surface area contributed by atoms with Crippen molar-refractivity contribution in [3.63, 3.8) is 0 Å². The second-order valence-electron chi connectivity index (χ2n) is 3.41. The Morgan fingerprint density at radius 1 is 1.50 bits per heavy atom. The molecule has 84 valence electrons. The SMILES string of the molecule is CC(C)OC(=O)C(=[N+]=[N-])c1cccc(F)c1. The first-order chi connectivity index (χ1) is 7.54. The standard InChI is InChI=1S/C11H11FN2O2/c1-7(2)16-11(15)10(14-13)8-4-3-5-9(12)6-8/h3-7H,1-2H3. The summed E-state index contributed by atoms with van der Waals surface area (Å²) in [7, 11) is 0. The molecule has 0 saturated heterocycles. The van der Waals surface area contributed by atoms with E-state index in [2.05, 4.69) is 4.79 Å². The van der Waals surface area contributed by atoms with Gasteiger partial charge in [0.05, 0.1) is 11.7 Å². The van der Waals surface area contributed by atoms with Crippen molar-refractivity contribution in [2.45, 2.75) is 20.0 Å². The van der Waals surface area contributed by atoms with Gasteiger partial charge in [0.15, 0.2) is 0 Å². The number of hydrogen-bond donors (Lipinski definition) is 0. The van der Waals surface area contributed by atoms with Crippen molar-refractivity contribution in [1.29, 1.82) is 0 Å². The van der Waals surface area contributed by atoms with Crippen molar-refractivity contribution in [3.8, 4) is 0 Å². The van der Waals surface area contributed by atoms with Gasteiger partial charge in [0.2, 0.25) is 0 Å². The molecule has 0 heterocycles. The van der Waals surface area contributed by atoms with E-state index in [-0.39, 0.29) is 17.4 Å². The summed E-state index contributed by atoms with van der Waals surface area (Å²) in [6.07, 6.45) is -0.335. The molecule has 4 nitrogen and oxygen atoms in total. The number of nitrogens with zero attached hydrogens (tertiary/aromatic N) is 2. The minimum Gasteiger partial charge on any atom is -0.454 e. The van der Waals surface area contributed by atoms with Crippen LogP contribution in [0.3, 0.4) is 0 Å². The lowest BCUT2D eigenvalue weighted by Crippen LogP contribution is -2.23. The summed E-state index contributed by atoms with van der Waals surface area (Å²) in [5.41, 5.74) is 8.58. The summed E-state index contributed by atoms with van der Waals surface area (Å²) in [4.78, 5) is 14.3. The lowest BCUT2D eigenvalue weighted by atomic mass is 10.1. The van der Waals surface area contributed by atoms with Crippen LogP contribution in [0, 0.1) is 5.82 Å². The van der Waals surface area contributed by atoms with E-state index in [1.807, 2.05) is 0 Å². The van der Waals surface area contributed by atoms with Crippen molar-refractivity contribution in [2.24, 2.45) is 0 Å². The first-order valence-corrected chi connectivity index (χ1v) is 4.73. The molecule has 0 bridgehead atoms. The molecule has 0 fully saturated rings. The van der Waals surface area contributed by atoms with E-state index >= 15 is 0 Å². The third-order valence-corrected chi connectivity index (χ3v) is 1.73. The van der Waals surface area contributed by atoms with Crippen molar-refractivity contribution < 1.29 is 18.7 Å². The maximum Gasteiger partial charge on any atom is 0.422 e. The molecule has 0 unspecified atom stereocenters. The fourth-order valence-electron chi connectivity index (χ4n) is 1.12. The number of carbonyl (C=O) groups is 1. The normalized spacial score (nSPS) is 9.75. The van der Waals surface area contributed by atoms with Crippen molar-refractivity contribution in [3.05, 3.63) is 41.2 Å². The van der Waals surface area contributed by atoms with E-state index in [0.717, 1.165) is 6.07 Å². The highest BCUT2D eigenvalue weighted by Gasteiger charge is 2.25. The fourth-order valence-corrected chi connectivity index (χ4v) is 1.12. The average Bonchev–Trinajstić information content (AvgIpc) is 2.17. The van der Waals surface area contributed by atoms with Gasteiger partial charge in [0.1, 0.15) is 5.82 Å². The van der Waals surface area contributed by atoms with Crippen LogP contribution < -0.4 is 0 Å². The quantitative estimate of drug-likeness (QED) is 0.339. The van der Waals surface area contributed by atoms with E-state index in [9.17, 15) is 9.18 Å². The number of esters is 1. The molecule has 0 aromatic heterocycles. The number of carbonyl (C=O) groups excluding carboxylic acids is 1. The Labute approximate surface area is 92.3 Å². The molecule has 0 spiro atoms. The maximum absolute atomic E-state index is 12.9. The van der Waals surface area contributed by atoms with Gasteiger partial charge in [-0.1, -0.05) is 6.07 Å². The molecule has 1 aromatic carbocycles. The minimum absolute atomic E-state index is 0.174.